The molecule has 1 amide bonds. The number of benzene rings is 1. The molecule has 5 heteroatoms. The van der Waals surface area contributed by atoms with E-state index in [0.29, 0.717) is 12.8 Å². The van der Waals surface area contributed by atoms with Crippen molar-refractivity contribution in [3.63, 3.8) is 0 Å². The highest BCUT2D eigenvalue weighted by atomic mass is 16.3. The largest absolute Gasteiger partial charge is 0.507 e. The Morgan fingerprint density at radius 3 is 2.78 bits per heavy atom. The monoisotopic (exact) mass is 368 g/mol. The van der Waals surface area contributed by atoms with Crippen LogP contribution in [0.3, 0.4) is 0 Å². The number of allylic oxidation sites excluding steroid dienone is 1. The summed E-state index contributed by atoms with van der Waals surface area (Å²) in [6.45, 7) is 6.14. The number of carbonyl (C=O) groups excluding carboxylic acids is 2. The molecule has 1 aromatic rings. The molecule has 1 aliphatic heterocycles. The van der Waals surface area contributed by atoms with Crippen LogP contribution in [0.15, 0.2) is 23.8 Å². The summed E-state index contributed by atoms with van der Waals surface area (Å²) in [4.78, 5) is 26.8. The number of aryl methyl sites for hydroxylation is 1. The van der Waals surface area contributed by atoms with E-state index in [1.807, 2.05) is 13.0 Å². The lowest BCUT2D eigenvalue weighted by atomic mass is 9.60. The van der Waals surface area contributed by atoms with Crippen LogP contribution in [-0.4, -0.2) is 40.8 Å². The molecule has 2 fully saturated rings. The Bertz CT molecular complexity index is 840. The zero-order chi connectivity index (χ0) is 19.3. The Labute approximate surface area is 160 Å². The third-order valence-corrected chi connectivity index (χ3v) is 6.74. The molecule has 1 heterocycles. The van der Waals surface area contributed by atoms with E-state index in [2.05, 4.69) is 17.9 Å². The van der Waals surface area contributed by atoms with Gasteiger partial charge >= 0.3 is 0 Å². The van der Waals surface area contributed by atoms with E-state index in [0.717, 1.165) is 36.6 Å². The summed E-state index contributed by atoms with van der Waals surface area (Å²) in [6, 6.07) is 3.64. The van der Waals surface area contributed by atoms with Crippen molar-refractivity contribution >= 4 is 11.7 Å². The fraction of sp³-hybridized carbons (Fsp3) is 0.545. The van der Waals surface area contributed by atoms with Gasteiger partial charge in [0.15, 0.2) is 0 Å². The molecular weight excluding hydrogens is 340 g/mol. The number of hydrogen-bond donors (Lipinski definition) is 2. The molecule has 1 saturated heterocycles. The number of likely N-dealkylation sites (tertiary alicyclic amines) is 1. The second-order valence-corrected chi connectivity index (χ2v) is 8.54. The van der Waals surface area contributed by atoms with Crippen LogP contribution in [0.5, 0.6) is 5.75 Å². The summed E-state index contributed by atoms with van der Waals surface area (Å²) in [5.41, 5.74) is 7.92. The highest BCUT2D eigenvalue weighted by Gasteiger charge is 2.49. The third kappa shape index (κ3) is 2.98. The molecule has 144 valence electrons. The van der Waals surface area contributed by atoms with Crippen LogP contribution in [-0.2, 0) is 10.2 Å². The lowest BCUT2D eigenvalue weighted by molar-refractivity contribution is -0.120. The maximum absolute atomic E-state index is 12.5. The van der Waals surface area contributed by atoms with Crippen LogP contribution in [0.25, 0.3) is 0 Å². The highest BCUT2D eigenvalue weighted by molar-refractivity contribution is 5.96. The van der Waals surface area contributed by atoms with Crippen molar-refractivity contribution in [2.45, 2.75) is 57.4 Å². The Hall–Kier alpha value is -2.14. The summed E-state index contributed by atoms with van der Waals surface area (Å²) in [5, 5.41) is 11.0. The number of nitrogens with zero attached hydrogens (tertiary/aromatic N) is 1. The van der Waals surface area contributed by atoms with Crippen molar-refractivity contribution in [1.82, 2.24) is 4.90 Å². The number of primary amides is 1. The molecule has 0 spiro atoms. The number of fused-ring (bicyclic) bond motifs is 1. The Morgan fingerprint density at radius 1 is 1.37 bits per heavy atom. The Morgan fingerprint density at radius 2 is 2.11 bits per heavy atom. The van der Waals surface area contributed by atoms with Gasteiger partial charge in [-0.05, 0) is 62.8 Å². The standard InChI is InChI=1S/C22H28N2O3/c1-13-3-7-17(21(23)27)20(26)19(13)22-9-10-24(12-15-4-5-15)14(2)18(22)8-6-16(25)11-22/h3,7-8,14-15,26H,4-6,9-12H2,1-2H3,(H2,23,27)/t14-,22+/m1/s1. The van der Waals surface area contributed by atoms with Gasteiger partial charge in [-0.1, -0.05) is 12.1 Å². The molecule has 3 N–H and O–H groups in total. The van der Waals surface area contributed by atoms with Crippen LogP contribution >= 0.6 is 0 Å². The average Bonchev–Trinajstić information content (AvgIpc) is 3.41. The molecular formula is C22H28N2O3. The number of rotatable bonds is 4. The summed E-state index contributed by atoms with van der Waals surface area (Å²) < 4.78 is 0. The fourth-order valence-electron chi connectivity index (χ4n) is 5.19. The van der Waals surface area contributed by atoms with Gasteiger partial charge in [-0.3, -0.25) is 14.5 Å². The molecule has 5 nitrogen and oxygen atoms in total. The first-order valence-electron chi connectivity index (χ1n) is 9.92. The van der Waals surface area contributed by atoms with E-state index in [-0.39, 0.29) is 23.1 Å². The van der Waals surface area contributed by atoms with E-state index >= 15 is 0 Å². The minimum Gasteiger partial charge on any atom is -0.507 e. The number of phenols is 1. The van der Waals surface area contributed by atoms with Crippen molar-refractivity contribution in [2.75, 3.05) is 13.1 Å². The molecule has 1 saturated carbocycles. The summed E-state index contributed by atoms with van der Waals surface area (Å²) >= 11 is 0. The molecule has 2 atom stereocenters. The molecule has 2 aliphatic carbocycles. The average molecular weight is 368 g/mol. The predicted molar refractivity (Wildman–Crippen MR) is 104 cm³/mol. The smallest absolute Gasteiger partial charge is 0.252 e. The van der Waals surface area contributed by atoms with Crippen molar-refractivity contribution < 1.29 is 14.7 Å². The van der Waals surface area contributed by atoms with Crippen molar-refractivity contribution in [3.8, 4) is 5.75 Å². The molecule has 0 radical (unpaired) electrons. The summed E-state index contributed by atoms with van der Waals surface area (Å²) in [6.07, 6.45) is 6.31. The second-order valence-electron chi connectivity index (χ2n) is 8.54. The van der Waals surface area contributed by atoms with Gasteiger partial charge in [0.2, 0.25) is 0 Å². The Balaban J connectivity index is 1.83. The minimum absolute atomic E-state index is 0.0501. The maximum Gasteiger partial charge on any atom is 0.252 e. The van der Waals surface area contributed by atoms with Crippen molar-refractivity contribution in [2.24, 2.45) is 11.7 Å². The normalized spacial score (nSPS) is 28.6. The van der Waals surface area contributed by atoms with Gasteiger partial charge in [0.1, 0.15) is 11.5 Å². The number of amides is 1. The number of aromatic hydroxyl groups is 1. The molecule has 0 unspecified atom stereocenters. The number of piperidine rings is 1. The zero-order valence-electron chi connectivity index (χ0n) is 16.1. The van der Waals surface area contributed by atoms with Crippen molar-refractivity contribution in [1.29, 1.82) is 0 Å². The number of ketones is 1. The predicted octanol–water partition coefficient (Wildman–Crippen LogP) is 2.83. The summed E-state index contributed by atoms with van der Waals surface area (Å²) in [7, 11) is 0. The quantitative estimate of drug-likeness (QED) is 0.801. The van der Waals surface area contributed by atoms with Gasteiger partial charge in [0.05, 0.1) is 5.56 Å². The SMILES string of the molecule is Cc1ccc(C(N)=O)c(O)c1[C@]12CCN(CC3CC3)[C@H](C)C1=CCC(=O)C2. The molecule has 27 heavy (non-hydrogen) atoms. The zero-order valence-corrected chi connectivity index (χ0v) is 16.1. The first kappa shape index (κ1) is 18.2. The molecule has 0 aromatic heterocycles. The van der Waals surface area contributed by atoms with Crippen LogP contribution in [0.1, 0.15) is 60.5 Å². The fourth-order valence-corrected chi connectivity index (χ4v) is 5.19. The molecule has 0 bridgehead atoms. The topological polar surface area (TPSA) is 83.6 Å². The highest BCUT2D eigenvalue weighted by Crippen LogP contribution is 2.52. The van der Waals surface area contributed by atoms with E-state index in [9.17, 15) is 14.7 Å². The van der Waals surface area contributed by atoms with Crippen LogP contribution in [0, 0.1) is 12.8 Å². The van der Waals surface area contributed by atoms with Crippen LogP contribution in [0.4, 0.5) is 0 Å². The molecule has 3 aliphatic rings. The number of carbonyl (C=O) groups is 2. The van der Waals surface area contributed by atoms with Gasteiger partial charge in [0.25, 0.3) is 5.91 Å². The van der Waals surface area contributed by atoms with Gasteiger partial charge in [-0.15, -0.1) is 0 Å². The second kappa shape index (κ2) is 6.48. The molecule has 4 rings (SSSR count). The number of nitrogens with two attached hydrogens (primary N) is 1. The van der Waals surface area contributed by atoms with Gasteiger partial charge < -0.3 is 10.8 Å². The number of hydrogen-bond acceptors (Lipinski definition) is 4. The van der Waals surface area contributed by atoms with Gasteiger partial charge in [0, 0.05) is 36.4 Å². The van der Waals surface area contributed by atoms with Crippen LogP contribution in [0.2, 0.25) is 0 Å². The molecule has 1 aromatic carbocycles. The van der Waals surface area contributed by atoms with E-state index < -0.39 is 11.3 Å². The summed E-state index contributed by atoms with van der Waals surface area (Å²) in [5.74, 6) is 0.298. The van der Waals surface area contributed by atoms with Gasteiger partial charge in [-0.25, -0.2) is 0 Å². The first-order valence-corrected chi connectivity index (χ1v) is 9.92. The Kier molecular flexibility index (Phi) is 4.38. The maximum atomic E-state index is 12.5. The first-order chi connectivity index (χ1) is 12.8. The van der Waals surface area contributed by atoms with Crippen molar-refractivity contribution in [3.05, 3.63) is 40.5 Å². The van der Waals surface area contributed by atoms with E-state index in [1.165, 1.54) is 18.4 Å². The van der Waals surface area contributed by atoms with E-state index in [1.54, 1.807) is 6.07 Å². The third-order valence-electron chi connectivity index (χ3n) is 6.74. The van der Waals surface area contributed by atoms with Gasteiger partial charge in [-0.2, -0.15) is 0 Å². The minimum atomic E-state index is -0.642. The van der Waals surface area contributed by atoms with E-state index in [4.69, 9.17) is 5.73 Å². The van der Waals surface area contributed by atoms with Crippen LogP contribution < -0.4 is 5.73 Å². The lowest BCUT2D eigenvalue weighted by Gasteiger charge is -2.50. The lowest BCUT2D eigenvalue weighted by Crippen LogP contribution is -2.52. The number of Topliss-reactive ketones (excluding diaryl/α,β-unsaturated/α-hetero) is 1.